The second-order valence-corrected chi connectivity index (χ2v) is 10.9. The summed E-state index contributed by atoms with van der Waals surface area (Å²) in [5.41, 5.74) is 2.99. The van der Waals surface area contributed by atoms with Crippen LogP contribution in [0.15, 0.2) is 72.8 Å². The van der Waals surface area contributed by atoms with Crippen LogP contribution in [0.2, 0.25) is 0 Å². The van der Waals surface area contributed by atoms with Gasteiger partial charge in [-0.15, -0.1) is 0 Å². The lowest BCUT2D eigenvalue weighted by Crippen LogP contribution is -2.38. The first-order valence-electron chi connectivity index (χ1n) is 15.1. The van der Waals surface area contributed by atoms with Crippen LogP contribution in [0.4, 0.5) is 14.9 Å². The van der Waals surface area contributed by atoms with Crippen molar-refractivity contribution < 1.29 is 23.8 Å². The molecule has 0 unspecified atom stereocenters. The lowest BCUT2D eigenvalue weighted by Gasteiger charge is -2.31. The van der Waals surface area contributed by atoms with Crippen molar-refractivity contribution in [1.82, 2.24) is 10.2 Å². The van der Waals surface area contributed by atoms with Gasteiger partial charge in [0.2, 0.25) is 0 Å². The van der Waals surface area contributed by atoms with E-state index in [2.05, 4.69) is 15.5 Å². The summed E-state index contributed by atoms with van der Waals surface area (Å²) >= 11 is 0. The molecule has 0 aliphatic carbocycles. The number of amides is 2. The smallest absolute Gasteiger partial charge is 0.411 e. The van der Waals surface area contributed by atoms with E-state index in [1.165, 1.54) is 37.8 Å². The molecule has 0 bridgehead atoms. The molecule has 1 saturated heterocycles. The van der Waals surface area contributed by atoms with Crippen molar-refractivity contribution in [3.63, 3.8) is 0 Å². The zero-order chi connectivity index (χ0) is 29.6. The number of anilines is 1. The van der Waals surface area contributed by atoms with Crippen molar-refractivity contribution in [2.45, 2.75) is 63.9 Å². The average Bonchev–Trinajstić information content (AvgIpc) is 3.01. The van der Waals surface area contributed by atoms with Crippen LogP contribution in [0.25, 0.3) is 11.1 Å². The molecular formula is C34H42FN3O4. The Bertz CT molecular complexity index is 1280. The molecule has 42 heavy (non-hydrogen) atoms. The van der Waals surface area contributed by atoms with Gasteiger partial charge >= 0.3 is 6.09 Å². The summed E-state index contributed by atoms with van der Waals surface area (Å²) in [7, 11) is 0. The van der Waals surface area contributed by atoms with E-state index in [9.17, 15) is 19.1 Å². The van der Waals surface area contributed by atoms with Gasteiger partial charge in [0.05, 0.1) is 5.69 Å². The number of carbonyl (C=O) groups is 2. The number of unbranched alkanes of at least 4 members (excludes halogenated alkanes) is 6. The Kier molecular flexibility index (Phi) is 12.2. The maximum Gasteiger partial charge on any atom is 0.411 e. The molecule has 3 N–H and O–H groups in total. The number of para-hydroxylation sites is 1. The molecule has 0 spiro atoms. The van der Waals surface area contributed by atoms with E-state index in [1.807, 2.05) is 54.6 Å². The number of carbonyl (C=O) groups excluding carboxylic acids is 2. The molecule has 0 radical (unpaired) electrons. The summed E-state index contributed by atoms with van der Waals surface area (Å²) in [6.07, 6.45) is 9.05. The topological polar surface area (TPSA) is 90.9 Å². The first kappa shape index (κ1) is 31.0. The average molecular weight is 576 g/mol. The second kappa shape index (κ2) is 16.5. The summed E-state index contributed by atoms with van der Waals surface area (Å²) in [6, 6.07) is 21.4. The van der Waals surface area contributed by atoms with Crippen molar-refractivity contribution in [2.75, 3.05) is 31.5 Å². The fourth-order valence-electron chi connectivity index (χ4n) is 5.30. The van der Waals surface area contributed by atoms with Crippen LogP contribution in [0.3, 0.4) is 0 Å². The Balaban J connectivity index is 1.01. The van der Waals surface area contributed by atoms with Crippen LogP contribution < -0.4 is 10.6 Å². The van der Waals surface area contributed by atoms with Crippen molar-refractivity contribution in [1.29, 1.82) is 0 Å². The Morgan fingerprint density at radius 3 is 2.26 bits per heavy atom. The van der Waals surface area contributed by atoms with Crippen LogP contribution in [-0.4, -0.2) is 54.3 Å². The largest absolute Gasteiger partial charge is 0.505 e. The van der Waals surface area contributed by atoms with Gasteiger partial charge in [-0.1, -0.05) is 80.6 Å². The van der Waals surface area contributed by atoms with Gasteiger partial charge < -0.3 is 20.1 Å². The SMILES string of the molecule is O=C(Nc1ccccc1-c1ccccc1)OC1CCN(CCCCCCCCCNC(=O)c2ccc(O)c(F)c2)CC1. The maximum atomic E-state index is 13.4. The number of nitrogens with one attached hydrogen (secondary N) is 2. The Labute approximate surface area is 248 Å². The molecule has 7 nitrogen and oxygen atoms in total. The number of ether oxygens (including phenoxy) is 1. The van der Waals surface area contributed by atoms with E-state index < -0.39 is 17.7 Å². The highest BCUT2D eigenvalue weighted by atomic mass is 19.1. The highest BCUT2D eigenvalue weighted by molar-refractivity contribution is 5.94. The van der Waals surface area contributed by atoms with Crippen LogP contribution in [-0.2, 0) is 4.74 Å². The quantitative estimate of drug-likeness (QED) is 0.175. The van der Waals surface area contributed by atoms with E-state index in [0.717, 1.165) is 74.6 Å². The summed E-state index contributed by atoms with van der Waals surface area (Å²) in [4.78, 5) is 27.1. The third kappa shape index (κ3) is 9.87. The Morgan fingerprint density at radius 1 is 0.857 bits per heavy atom. The van der Waals surface area contributed by atoms with Crippen molar-refractivity contribution in [2.24, 2.45) is 0 Å². The number of rotatable bonds is 14. The standard InChI is InChI=1S/C34H42FN3O4/c35-30-25-27(17-18-32(30)39)33(40)36-21-11-4-2-1-3-5-12-22-38-23-19-28(20-24-38)42-34(41)37-31-16-10-9-15-29(31)26-13-7-6-8-14-26/h6-10,13-18,25,28,39H,1-5,11-12,19-24H2,(H,36,40)(H,37,41). The van der Waals surface area contributed by atoms with Crippen LogP contribution in [0.5, 0.6) is 5.75 Å². The molecule has 224 valence electrons. The summed E-state index contributed by atoms with van der Waals surface area (Å²) < 4.78 is 19.1. The predicted molar refractivity (Wildman–Crippen MR) is 164 cm³/mol. The van der Waals surface area contributed by atoms with E-state index >= 15 is 0 Å². The molecule has 0 atom stereocenters. The number of phenols is 1. The number of hydrogen-bond donors (Lipinski definition) is 3. The van der Waals surface area contributed by atoms with E-state index in [-0.39, 0.29) is 17.6 Å². The third-order valence-electron chi connectivity index (χ3n) is 7.70. The van der Waals surface area contributed by atoms with Crippen LogP contribution >= 0.6 is 0 Å². The van der Waals surface area contributed by atoms with Crippen molar-refractivity contribution in [3.05, 3.63) is 84.2 Å². The van der Waals surface area contributed by atoms with Gasteiger partial charge in [-0.25, -0.2) is 9.18 Å². The lowest BCUT2D eigenvalue weighted by molar-refractivity contribution is 0.0584. The predicted octanol–water partition coefficient (Wildman–Crippen LogP) is 7.37. The van der Waals surface area contributed by atoms with Gasteiger partial charge in [0.1, 0.15) is 6.10 Å². The highest BCUT2D eigenvalue weighted by Gasteiger charge is 2.22. The number of halogens is 1. The molecule has 8 heteroatoms. The van der Waals surface area contributed by atoms with E-state index in [4.69, 9.17) is 4.74 Å². The molecule has 3 aromatic rings. The van der Waals surface area contributed by atoms with Gasteiger partial charge in [-0.05, 0) is 62.1 Å². The number of hydrogen-bond acceptors (Lipinski definition) is 5. The Morgan fingerprint density at radius 2 is 1.52 bits per heavy atom. The highest BCUT2D eigenvalue weighted by Crippen LogP contribution is 2.28. The molecule has 1 heterocycles. The zero-order valence-electron chi connectivity index (χ0n) is 24.2. The van der Waals surface area contributed by atoms with E-state index in [0.29, 0.717) is 6.54 Å². The van der Waals surface area contributed by atoms with Gasteiger partial charge in [-0.2, -0.15) is 0 Å². The number of benzene rings is 3. The first-order chi connectivity index (χ1) is 20.5. The summed E-state index contributed by atoms with van der Waals surface area (Å²) in [6.45, 7) is 3.53. The lowest BCUT2D eigenvalue weighted by atomic mass is 10.0. The zero-order valence-corrected chi connectivity index (χ0v) is 24.2. The first-order valence-corrected chi connectivity index (χ1v) is 15.1. The fourth-order valence-corrected chi connectivity index (χ4v) is 5.30. The minimum atomic E-state index is -0.789. The number of nitrogens with zero attached hydrogens (tertiary/aromatic N) is 1. The molecule has 0 aromatic heterocycles. The Hall–Kier alpha value is -3.91. The molecule has 4 rings (SSSR count). The van der Waals surface area contributed by atoms with Crippen LogP contribution in [0, 0.1) is 5.82 Å². The minimum absolute atomic E-state index is 0.0582. The monoisotopic (exact) mass is 575 g/mol. The molecular weight excluding hydrogens is 533 g/mol. The molecule has 0 saturated carbocycles. The molecule has 1 aliphatic heterocycles. The number of aromatic hydroxyl groups is 1. The molecule has 2 amide bonds. The summed E-state index contributed by atoms with van der Waals surface area (Å²) in [5, 5.41) is 15.0. The summed E-state index contributed by atoms with van der Waals surface area (Å²) in [5.74, 6) is -1.57. The molecule has 1 aliphatic rings. The number of piperidine rings is 1. The van der Waals surface area contributed by atoms with E-state index in [1.54, 1.807) is 0 Å². The third-order valence-corrected chi connectivity index (χ3v) is 7.70. The maximum absolute atomic E-state index is 13.4. The van der Waals surface area contributed by atoms with Crippen molar-refractivity contribution in [3.8, 4) is 16.9 Å². The van der Waals surface area contributed by atoms with Crippen molar-refractivity contribution >= 4 is 17.7 Å². The fraction of sp³-hybridized carbons (Fsp3) is 0.412. The van der Waals surface area contributed by atoms with Gasteiger partial charge in [0, 0.05) is 30.8 Å². The number of likely N-dealkylation sites (tertiary alicyclic amines) is 1. The normalized spacial score (nSPS) is 13.9. The van der Waals surface area contributed by atoms with Crippen LogP contribution in [0.1, 0.15) is 68.1 Å². The van der Waals surface area contributed by atoms with Gasteiger partial charge in [0.25, 0.3) is 5.91 Å². The van der Waals surface area contributed by atoms with Gasteiger partial charge in [-0.3, -0.25) is 10.1 Å². The molecule has 3 aromatic carbocycles. The second-order valence-electron chi connectivity index (χ2n) is 10.9. The number of phenolic OH excluding ortho intramolecular Hbond substituents is 1. The van der Waals surface area contributed by atoms with Gasteiger partial charge in [0.15, 0.2) is 11.6 Å². The minimum Gasteiger partial charge on any atom is -0.505 e. The molecule has 1 fully saturated rings.